The van der Waals surface area contributed by atoms with Crippen molar-refractivity contribution in [2.45, 2.75) is 115 Å². The summed E-state index contributed by atoms with van der Waals surface area (Å²) in [5.74, 6) is 1.75. The number of rotatable bonds is 3. The number of aromatic nitrogens is 1. The van der Waals surface area contributed by atoms with Crippen molar-refractivity contribution in [2.24, 2.45) is 5.92 Å². The van der Waals surface area contributed by atoms with Crippen LogP contribution < -0.4 is 4.57 Å². The number of hydrogen-bond acceptors (Lipinski definition) is 2. The van der Waals surface area contributed by atoms with E-state index in [1.807, 2.05) is 11.3 Å². The maximum absolute atomic E-state index is 3.01. The van der Waals surface area contributed by atoms with Crippen LogP contribution in [0, 0.1) is 5.92 Å². The number of nitrogens with zero attached hydrogens (tertiary/aromatic N) is 3. The maximum atomic E-state index is 3.01. The van der Waals surface area contributed by atoms with E-state index in [0.29, 0.717) is 18.0 Å². The van der Waals surface area contributed by atoms with E-state index < -0.39 is 0 Å². The van der Waals surface area contributed by atoms with Crippen molar-refractivity contribution in [3.63, 3.8) is 0 Å². The minimum atomic E-state index is -0.340. The summed E-state index contributed by atoms with van der Waals surface area (Å²) < 4.78 is 7.27. The second kappa shape index (κ2) is 10.0. The SMILES string of the molecule is CC(C)C1=[N+](C2CCCCC2)C2(c3ccc4c(c3-c3ccc5ccccc5[n+]32)-c2sc3ccccc3c2C4(C)C)N1C1CCCCC1. The first-order valence-electron chi connectivity index (χ1n) is 18.5. The third-order valence-corrected chi connectivity index (χ3v) is 13.8. The lowest BCUT2D eigenvalue weighted by Gasteiger charge is -2.50. The van der Waals surface area contributed by atoms with Crippen molar-refractivity contribution in [3.8, 4) is 21.7 Å². The zero-order valence-electron chi connectivity index (χ0n) is 28.5. The molecule has 3 aromatic carbocycles. The second-order valence-corrected chi connectivity index (χ2v) is 17.0. The third kappa shape index (κ3) is 3.53. The van der Waals surface area contributed by atoms with Crippen molar-refractivity contribution in [3.05, 3.63) is 89.5 Å². The molecule has 0 saturated heterocycles. The average molecular weight is 638 g/mol. The summed E-state index contributed by atoms with van der Waals surface area (Å²) in [7, 11) is 0. The third-order valence-electron chi connectivity index (χ3n) is 12.7. The number of thiophene rings is 1. The Bertz CT molecular complexity index is 2140. The zero-order chi connectivity index (χ0) is 31.7. The largest absolute Gasteiger partial charge is 0.479 e. The molecule has 238 valence electrons. The first kappa shape index (κ1) is 28.5. The highest BCUT2D eigenvalue weighted by Gasteiger charge is 2.78. The normalized spacial score (nSPS) is 23.5. The van der Waals surface area contributed by atoms with Gasteiger partial charge in [-0.25, -0.2) is 0 Å². The highest BCUT2D eigenvalue weighted by Crippen LogP contribution is 2.61. The number of para-hydroxylation sites is 1. The Hall–Kier alpha value is -3.50. The summed E-state index contributed by atoms with van der Waals surface area (Å²) in [6.07, 6.45) is 13.3. The van der Waals surface area contributed by atoms with Crippen molar-refractivity contribution < 1.29 is 9.14 Å². The molecule has 0 radical (unpaired) electrons. The van der Waals surface area contributed by atoms with Crippen LogP contribution in [-0.4, -0.2) is 27.4 Å². The lowest BCUT2D eigenvalue weighted by Crippen LogP contribution is -2.84. The molecule has 2 fully saturated rings. The maximum Gasteiger partial charge on any atom is 0.479 e. The fraction of sp³-hybridized carbons (Fsp3) is 0.442. The van der Waals surface area contributed by atoms with Gasteiger partial charge in [0, 0.05) is 38.1 Å². The van der Waals surface area contributed by atoms with Crippen LogP contribution in [-0.2, 0) is 11.2 Å². The monoisotopic (exact) mass is 637 g/mol. The lowest BCUT2D eigenvalue weighted by molar-refractivity contribution is -0.957. The van der Waals surface area contributed by atoms with Crippen LogP contribution in [0.15, 0.2) is 72.8 Å². The second-order valence-electron chi connectivity index (χ2n) is 15.9. The van der Waals surface area contributed by atoms with Gasteiger partial charge >= 0.3 is 5.79 Å². The van der Waals surface area contributed by atoms with E-state index in [0.717, 1.165) is 0 Å². The Balaban J connectivity index is 1.36. The van der Waals surface area contributed by atoms with Gasteiger partial charge in [-0.15, -0.1) is 15.9 Å². The molecular formula is C43H47N3S+2. The standard InChI is InChI=1S/C43H47N3S/c1-27(2)41-44(29-16-7-5-8-17-29)43(45(41)30-18-9-6-10-19-30)33-25-24-32-38(37(33)35-26-23-28-15-11-13-21-34(28)46(35)43)40-39(42(32,3)4)31-20-12-14-22-36(31)47-40/h11-15,20-27,29-30H,5-10,16-19H2,1-4H3/q+2. The van der Waals surface area contributed by atoms with Crippen LogP contribution in [0.3, 0.4) is 0 Å². The molecule has 5 aromatic rings. The molecular weight excluding hydrogens is 591 g/mol. The Morgan fingerprint density at radius 2 is 1.45 bits per heavy atom. The minimum absolute atomic E-state index is 0.0440. The van der Waals surface area contributed by atoms with Gasteiger partial charge in [0.2, 0.25) is 11.2 Å². The summed E-state index contributed by atoms with van der Waals surface area (Å²) in [6.45, 7) is 9.87. The topological polar surface area (TPSA) is 10.1 Å². The molecule has 1 atom stereocenters. The van der Waals surface area contributed by atoms with Crippen LogP contribution in [0.25, 0.3) is 42.7 Å². The van der Waals surface area contributed by atoms with Crippen LogP contribution >= 0.6 is 11.3 Å². The number of pyridine rings is 1. The Kier molecular flexibility index (Phi) is 6.07. The van der Waals surface area contributed by atoms with Gasteiger partial charge in [0.15, 0.2) is 0 Å². The van der Waals surface area contributed by atoms with Gasteiger partial charge in [-0.05, 0) is 92.1 Å². The molecule has 10 rings (SSSR count). The molecule has 2 aliphatic heterocycles. The van der Waals surface area contributed by atoms with Crippen molar-refractivity contribution in [1.82, 2.24) is 4.90 Å². The molecule has 0 amide bonds. The van der Waals surface area contributed by atoms with Gasteiger partial charge in [0.05, 0.1) is 11.5 Å². The lowest BCUT2D eigenvalue weighted by atomic mass is 9.79. The summed E-state index contributed by atoms with van der Waals surface area (Å²) in [6, 6.07) is 29.5. The molecule has 3 nitrogen and oxygen atoms in total. The van der Waals surface area contributed by atoms with Crippen LogP contribution in [0.1, 0.15) is 109 Å². The molecule has 4 heterocycles. The van der Waals surface area contributed by atoms with E-state index in [4.69, 9.17) is 0 Å². The fourth-order valence-electron chi connectivity index (χ4n) is 10.8. The van der Waals surface area contributed by atoms with Gasteiger partial charge < -0.3 is 0 Å². The summed E-state index contributed by atoms with van der Waals surface area (Å²) >= 11 is 2.02. The fourth-order valence-corrected chi connectivity index (χ4v) is 12.3. The van der Waals surface area contributed by atoms with Crippen molar-refractivity contribution in [2.75, 3.05) is 0 Å². The molecule has 2 aromatic heterocycles. The highest BCUT2D eigenvalue weighted by atomic mass is 32.1. The van der Waals surface area contributed by atoms with E-state index in [2.05, 4.69) is 115 Å². The van der Waals surface area contributed by atoms with Gasteiger partial charge in [-0.1, -0.05) is 76.9 Å². The van der Waals surface area contributed by atoms with Gasteiger partial charge in [-0.2, -0.15) is 9.48 Å². The predicted octanol–water partition coefficient (Wildman–Crippen LogP) is 10.3. The first-order chi connectivity index (χ1) is 22.9. The van der Waals surface area contributed by atoms with Crippen molar-refractivity contribution in [1.29, 1.82) is 0 Å². The number of amidine groups is 1. The van der Waals surface area contributed by atoms with E-state index in [1.54, 1.807) is 5.84 Å². The molecule has 2 saturated carbocycles. The molecule has 4 heteroatoms. The van der Waals surface area contributed by atoms with Crippen LogP contribution in [0.2, 0.25) is 0 Å². The molecule has 0 N–H and O–H groups in total. The van der Waals surface area contributed by atoms with E-state index in [1.165, 1.54) is 124 Å². The van der Waals surface area contributed by atoms with E-state index >= 15 is 0 Å². The molecule has 1 unspecified atom stereocenters. The quantitative estimate of drug-likeness (QED) is 0.179. The highest BCUT2D eigenvalue weighted by molar-refractivity contribution is 7.22. The summed E-state index contributed by atoms with van der Waals surface area (Å²) in [5.41, 5.74) is 10.3. The molecule has 1 spiro atoms. The summed E-state index contributed by atoms with van der Waals surface area (Å²) in [5, 5.41) is 2.78. The zero-order valence-corrected chi connectivity index (χ0v) is 29.3. The van der Waals surface area contributed by atoms with Crippen LogP contribution in [0.5, 0.6) is 0 Å². The van der Waals surface area contributed by atoms with Gasteiger partial charge in [-0.3, -0.25) is 0 Å². The molecule has 3 aliphatic carbocycles. The molecule has 0 bridgehead atoms. The van der Waals surface area contributed by atoms with Gasteiger partial charge in [0.25, 0.3) is 5.84 Å². The number of fused-ring (bicyclic) bond motifs is 13. The van der Waals surface area contributed by atoms with Crippen LogP contribution in [0.4, 0.5) is 0 Å². The van der Waals surface area contributed by atoms with E-state index in [-0.39, 0.29) is 11.2 Å². The van der Waals surface area contributed by atoms with Gasteiger partial charge in [0.1, 0.15) is 17.6 Å². The Labute approximate surface area is 283 Å². The Morgan fingerprint density at radius 1 is 0.745 bits per heavy atom. The molecule has 47 heavy (non-hydrogen) atoms. The van der Waals surface area contributed by atoms with Crippen molar-refractivity contribution >= 4 is 38.2 Å². The minimum Gasteiger partial charge on any atom is -0.155 e. The first-order valence-corrected chi connectivity index (χ1v) is 19.4. The smallest absolute Gasteiger partial charge is 0.155 e. The summed E-state index contributed by atoms with van der Waals surface area (Å²) in [4.78, 5) is 4.51. The average Bonchev–Trinajstić information content (AvgIpc) is 3.70. The number of benzene rings is 3. The molecule has 5 aliphatic rings. The Morgan fingerprint density at radius 3 is 2.23 bits per heavy atom. The van der Waals surface area contributed by atoms with E-state index in [9.17, 15) is 0 Å². The number of hydrogen-bond donors (Lipinski definition) is 0. The predicted molar refractivity (Wildman–Crippen MR) is 195 cm³/mol.